The van der Waals surface area contributed by atoms with Gasteiger partial charge in [0.2, 0.25) is 0 Å². The first-order chi connectivity index (χ1) is 12.4. The minimum Gasteiger partial charge on any atom is -0.351 e. The maximum Gasteiger partial charge on any atom is 0.274 e. The lowest BCUT2D eigenvalue weighted by molar-refractivity contribution is 0.0947. The van der Waals surface area contributed by atoms with Crippen molar-refractivity contribution in [3.63, 3.8) is 0 Å². The summed E-state index contributed by atoms with van der Waals surface area (Å²) in [5.41, 5.74) is 3.30. The number of carbonyl (C=O) groups excluding carboxylic acids is 2. The van der Waals surface area contributed by atoms with Crippen molar-refractivity contribution in [1.29, 1.82) is 0 Å². The third-order valence-electron chi connectivity index (χ3n) is 3.91. The zero-order valence-corrected chi connectivity index (χ0v) is 15.8. The molecule has 2 aromatic rings. The molecule has 1 aromatic heterocycles. The van der Waals surface area contributed by atoms with E-state index in [1.165, 1.54) is 0 Å². The fourth-order valence-electron chi connectivity index (χ4n) is 2.52. The van der Waals surface area contributed by atoms with Crippen molar-refractivity contribution in [2.24, 2.45) is 0 Å². The molecule has 0 saturated heterocycles. The summed E-state index contributed by atoms with van der Waals surface area (Å²) in [7, 11) is 3.97. The number of amides is 2. The van der Waals surface area contributed by atoms with Gasteiger partial charge in [-0.25, -0.2) is 4.98 Å². The van der Waals surface area contributed by atoms with Gasteiger partial charge in [-0.1, -0.05) is 23.8 Å². The number of hydrogen-bond acceptors (Lipinski definition) is 4. The Hall–Kier alpha value is -2.73. The lowest BCUT2D eigenvalue weighted by atomic mass is 10.1. The number of carbonyl (C=O) groups is 2. The van der Waals surface area contributed by atoms with Gasteiger partial charge in [0, 0.05) is 12.2 Å². The highest BCUT2D eigenvalue weighted by Crippen LogP contribution is 2.16. The molecule has 0 spiro atoms. The monoisotopic (exact) mass is 354 g/mol. The van der Waals surface area contributed by atoms with E-state index in [1.54, 1.807) is 18.2 Å². The molecule has 138 valence electrons. The Bertz CT molecular complexity index is 787. The number of nitrogens with zero attached hydrogens (tertiary/aromatic N) is 2. The van der Waals surface area contributed by atoms with Gasteiger partial charge in [0.25, 0.3) is 11.8 Å². The molecule has 0 saturated carbocycles. The second-order valence-electron chi connectivity index (χ2n) is 6.59. The molecule has 2 N–H and O–H groups in total. The Morgan fingerprint density at radius 2 is 1.73 bits per heavy atom. The highest BCUT2D eigenvalue weighted by Gasteiger charge is 2.13. The van der Waals surface area contributed by atoms with Crippen LogP contribution in [0.25, 0.3) is 0 Å². The lowest BCUT2D eigenvalue weighted by Gasteiger charge is -2.11. The number of anilines is 1. The number of rotatable bonds is 7. The van der Waals surface area contributed by atoms with Crippen molar-refractivity contribution < 1.29 is 9.59 Å². The van der Waals surface area contributed by atoms with Crippen LogP contribution in [0.2, 0.25) is 0 Å². The van der Waals surface area contributed by atoms with E-state index in [0.717, 1.165) is 29.8 Å². The summed E-state index contributed by atoms with van der Waals surface area (Å²) in [6.45, 7) is 5.40. The number of pyridine rings is 1. The minimum absolute atomic E-state index is 0.214. The Morgan fingerprint density at radius 3 is 2.38 bits per heavy atom. The first-order valence-corrected chi connectivity index (χ1v) is 8.65. The molecule has 0 unspecified atom stereocenters. The molecular formula is C20H26N4O2. The summed E-state index contributed by atoms with van der Waals surface area (Å²) in [6, 6.07) is 10.7. The molecule has 2 amide bonds. The van der Waals surface area contributed by atoms with E-state index in [4.69, 9.17) is 0 Å². The fourth-order valence-corrected chi connectivity index (χ4v) is 2.52. The largest absolute Gasteiger partial charge is 0.351 e. The third kappa shape index (κ3) is 5.67. The SMILES string of the molecule is Cc1ccc(NC(=O)c2cccc(C(=O)NCCCN(C)C)n2)c(C)c1. The van der Waals surface area contributed by atoms with E-state index in [2.05, 4.69) is 20.5 Å². The molecule has 0 radical (unpaired) electrons. The van der Waals surface area contributed by atoms with Crippen LogP contribution in [0, 0.1) is 13.8 Å². The first kappa shape index (κ1) is 19.6. The Balaban J connectivity index is 2.01. The molecule has 2 rings (SSSR count). The predicted molar refractivity (Wildman–Crippen MR) is 104 cm³/mol. The minimum atomic E-state index is -0.334. The van der Waals surface area contributed by atoms with E-state index in [9.17, 15) is 9.59 Å². The van der Waals surface area contributed by atoms with Crippen molar-refractivity contribution >= 4 is 17.5 Å². The fraction of sp³-hybridized carbons (Fsp3) is 0.350. The standard InChI is InChI=1S/C20H26N4O2/c1-14-9-10-16(15(2)13-14)23-20(26)18-8-5-7-17(22-18)19(25)21-11-6-12-24(3)4/h5,7-10,13H,6,11-12H2,1-4H3,(H,21,25)(H,23,26). The van der Waals surface area contributed by atoms with Crippen molar-refractivity contribution in [3.05, 3.63) is 58.9 Å². The van der Waals surface area contributed by atoms with Gasteiger partial charge < -0.3 is 15.5 Å². The molecule has 0 fully saturated rings. The second kappa shape index (κ2) is 9.10. The summed E-state index contributed by atoms with van der Waals surface area (Å²) in [6.07, 6.45) is 0.853. The molecule has 26 heavy (non-hydrogen) atoms. The van der Waals surface area contributed by atoms with Crippen LogP contribution in [0.5, 0.6) is 0 Å². The van der Waals surface area contributed by atoms with Crippen LogP contribution in [-0.4, -0.2) is 48.9 Å². The smallest absolute Gasteiger partial charge is 0.274 e. The van der Waals surface area contributed by atoms with Gasteiger partial charge in [-0.3, -0.25) is 9.59 Å². The summed E-state index contributed by atoms with van der Waals surface area (Å²) in [5, 5.41) is 5.67. The van der Waals surface area contributed by atoms with Gasteiger partial charge in [0.1, 0.15) is 11.4 Å². The molecule has 0 atom stereocenters. The maximum absolute atomic E-state index is 12.5. The third-order valence-corrected chi connectivity index (χ3v) is 3.91. The summed E-state index contributed by atoms with van der Waals surface area (Å²) in [4.78, 5) is 30.9. The zero-order valence-electron chi connectivity index (χ0n) is 15.8. The molecule has 0 bridgehead atoms. The van der Waals surface area contributed by atoms with E-state index in [0.29, 0.717) is 6.54 Å². The number of aryl methyl sites for hydroxylation is 2. The van der Waals surface area contributed by atoms with Crippen molar-refractivity contribution in [1.82, 2.24) is 15.2 Å². The number of aromatic nitrogens is 1. The molecule has 0 aliphatic heterocycles. The van der Waals surface area contributed by atoms with E-state index >= 15 is 0 Å². The molecular weight excluding hydrogens is 328 g/mol. The number of hydrogen-bond donors (Lipinski definition) is 2. The Kier molecular flexibility index (Phi) is 6.86. The molecule has 0 aliphatic rings. The molecule has 6 heteroatoms. The topological polar surface area (TPSA) is 74.3 Å². The average molecular weight is 354 g/mol. The molecule has 6 nitrogen and oxygen atoms in total. The van der Waals surface area contributed by atoms with Gasteiger partial charge in [0.05, 0.1) is 0 Å². The predicted octanol–water partition coefficient (Wildman–Crippen LogP) is 2.63. The first-order valence-electron chi connectivity index (χ1n) is 8.65. The van der Waals surface area contributed by atoms with Crippen LogP contribution in [-0.2, 0) is 0 Å². The molecule has 1 heterocycles. The van der Waals surface area contributed by atoms with Gasteiger partial charge in [-0.05, 0) is 64.7 Å². The lowest BCUT2D eigenvalue weighted by Crippen LogP contribution is -2.28. The highest BCUT2D eigenvalue weighted by atomic mass is 16.2. The van der Waals surface area contributed by atoms with Gasteiger partial charge in [-0.2, -0.15) is 0 Å². The second-order valence-corrected chi connectivity index (χ2v) is 6.59. The van der Waals surface area contributed by atoms with Crippen LogP contribution in [0.15, 0.2) is 36.4 Å². The summed E-state index contributed by atoms with van der Waals surface area (Å²) < 4.78 is 0. The number of nitrogens with one attached hydrogen (secondary N) is 2. The van der Waals surface area contributed by atoms with E-state index < -0.39 is 0 Å². The van der Waals surface area contributed by atoms with Crippen LogP contribution >= 0.6 is 0 Å². The average Bonchev–Trinajstić information content (AvgIpc) is 2.60. The summed E-state index contributed by atoms with van der Waals surface area (Å²) >= 11 is 0. The van der Waals surface area contributed by atoms with E-state index in [-0.39, 0.29) is 23.2 Å². The van der Waals surface area contributed by atoms with Crippen LogP contribution in [0.4, 0.5) is 5.69 Å². The van der Waals surface area contributed by atoms with Crippen LogP contribution in [0.3, 0.4) is 0 Å². The van der Waals surface area contributed by atoms with Gasteiger partial charge in [-0.15, -0.1) is 0 Å². The zero-order chi connectivity index (χ0) is 19.1. The quantitative estimate of drug-likeness (QED) is 0.750. The van der Waals surface area contributed by atoms with Gasteiger partial charge in [0.15, 0.2) is 0 Å². The van der Waals surface area contributed by atoms with Crippen LogP contribution in [0.1, 0.15) is 38.5 Å². The number of benzene rings is 1. The normalized spacial score (nSPS) is 10.7. The van der Waals surface area contributed by atoms with Gasteiger partial charge >= 0.3 is 0 Å². The molecule has 0 aliphatic carbocycles. The van der Waals surface area contributed by atoms with Crippen LogP contribution < -0.4 is 10.6 Å². The Morgan fingerprint density at radius 1 is 1.04 bits per heavy atom. The molecule has 1 aromatic carbocycles. The maximum atomic E-state index is 12.5. The van der Waals surface area contributed by atoms with E-state index in [1.807, 2.05) is 46.1 Å². The summed E-state index contributed by atoms with van der Waals surface area (Å²) in [5.74, 6) is -0.607. The van der Waals surface area contributed by atoms with Crippen molar-refractivity contribution in [3.8, 4) is 0 Å². The van der Waals surface area contributed by atoms with Crippen molar-refractivity contribution in [2.75, 3.05) is 32.5 Å². The highest BCUT2D eigenvalue weighted by molar-refractivity contribution is 6.04. The van der Waals surface area contributed by atoms with Crippen molar-refractivity contribution in [2.45, 2.75) is 20.3 Å². The Labute approximate surface area is 154 Å².